The number of carbonyl (C=O) groups is 1. The number of hydrogen-bond acceptors (Lipinski definition) is 1. The van der Waals surface area contributed by atoms with Crippen molar-refractivity contribution in [2.24, 2.45) is 0 Å². The molecule has 0 amide bonds. The molecular formula is C14H16O2. The standard InChI is InChI=1S/C14H16O2/c1-12(14(15)16)8-4-2-5-9-13-10-6-3-7-11-13/h3,5-11H,2,4H2,1H3,(H,15,16). The molecule has 0 heterocycles. The van der Waals surface area contributed by atoms with Crippen LogP contribution in [0.2, 0.25) is 0 Å². The lowest BCUT2D eigenvalue weighted by Crippen LogP contribution is -1.95. The highest BCUT2D eigenvalue weighted by Gasteiger charge is 1.96. The number of allylic oxidation sites excluding steroid dienone is 2. The van der Waals surface area contributed by atoms with E-state index in [4.69, 9.17) is 5.11 Å². The summed E-state index contributed by atoms with van der Waals surface area (Å²) >= 11 is 0. The first-order valence-corrected chi connectivity index (χ1v) is 5.32. The van der Waals surface area contributed by atoms with E-state index in [9.17, 15) is 4.79 Å². The first-order valence-electron chi connectivity index (χ1n) is 5.32. The van der Waals surface area contributed by atoms with Gasteiger partial charge in [-0.25, -0.2) is 4.79 Å². The number of rotatable bonds is 5. The molecule has 0 radical (unpaired) electrons. The van der Waals surface area contributed by atoms with Gasteiger partial charge in [0.05, 0.1) is 0 Å². The molecule has 0 atom stereocenters. The summed E-state index contributed by atoms with van der Waals surface area (Å²) in [7, 11) is 0. The molecule has 0 aliphatic heterocycles. The summed E-state index contributed by atoms with van der Waals surface area (Å²) in [5.74, 6) is -0.841. The Bertz CT molecular complexity index is 388. The maximum absolute atomic E-state index is 10.5. The van der Waals surface area contributed by atoms with Crippen molar-refractivity contribution in [3.8, 4) is 0 Å². The smallest absolute Gasteiger partial charge is 0.330 e. The van der Waals surface area contributed by atoms with E-state index in [2.05, 4.69) is 6.08 Å². The molecule has 2 nitrogen and oxygen atoms in total. The molecule has 0 bridgehead atoms. The van der Waals surface area contributed by atoms with Crippen LogP contribution in [0.1, 0.15) is 25.3 Å². The number of unbranched alkanes of at least 4 members (excludes halogenated alkanes) is 1. The predicted octanol–water partition coefficient (Wildman–Crippen LogP) is 3.51. The predicted molar refractivity (Wildman–Crippen MR) is 66.1 cm³/mol. The van der Waals surface area contributed by atoms with E-state index in [0.29, 0.717) is 5.57 Å². The Kier molecular flexibility index (Phi) is 5.06. The fourth-order valence-corrected chi connectivity index (χ4v) is 1.27. The molecule has 0 saturated carbocycles. The average molecular weight is 216 g/mol. The van der Waals surface area contributed by atoms with E-state index in [1.807, 2.05) is 36.4 Å². The van der Waals surface area contributed by atoms with Crippen molar-refractivity contribution >= 4 is 12.0 Å². The number of aliphatic carboxylic acids is 1. The second-order valence-corrected chi connectivity index (χ2v) is 3.58. The Morgan fingerprint density at radius 2 is 1.94 bits per heavy atom. The fraction of sp³-hybridized carbons (Fsp3) is 0.214. The molecule has 16 heavy (non-hydrogen) atoms. The number of carboxylic acids is 1. The molecule has 1 rings (SSSR count). The molecule has 0 aromatic heterocycles. The van der Waals surface area contributed by atoms with Gasteiger partial charge in [0.25, 0.3) is 0 Å². The minimum atomic E-state index is -0.841. The zero-order valence-corrected chi connectivity index (χ0v) is 9.39. The van der Waals surface area contributed by atoms with Gasteiger partial charge in [-0.15, -0.1) is 0 Å². The van der Waals surface area contributed by atoms with E-state index in [0.717, 1.165) is 12.8 Å². The molecule has 1 aromatic rings. The van der Waals surface area contributed by atoms with E-state index < -0.39 is 5.97 Å². The summed E-state index contributed by atoms with van der Waals surface area (Å²) in [5.41, 5.74) is 1.58. The summed E-state index contributed by atoms with van der Waals surface area (Å²) in [6.45, 7) is 1.61. The summed E-state index contributed by atoms with van der Waals surface area (Å²) in [6.07, 6.45) is 7.48. The average Bonchev–Trinajstić information content (AvgIpc) is 2.29. The summed E-state index contributed by atoms with van der Waals surface area (Å²) in [5, 5.41) is 8.63. The number of carboxylic acid groups (broad SMARTS) is 1. The van der Waals surface area contributed by atoms with Crippen LogP contribution in [0.25, 0.3) is 6.08 Å². The molecule has 0 spiro atoms. The Balaban J connectivity index is 2.34. The van der Waals surface area contributed by atoms with Crippen LogP contribution in [0, 0.1) is 0 Å². The molecule has 2 heteroatoms. The van der Waals surface area contributed by atoms with Gasteiger partial charge in [0.1, 0.15) is 0 Å². The van der Waals surface area contributed by atoms with Gasteiger partial charge in [0.2, 0.25) is 0 Å². The van der Waals surface area contributed by atoms with Crippen LogP contribution in [-0.4, -0.2) is 11.1 Å². The summed E-state index contributed by atoms with van der Waals surface area (Å²) in [6, 6.07) is 10.0. The summed E-state index contributed by atoms with van der Waals surface area (Å²) in [4.78, 5) is 10.5. The van der Waals surface area contributed by atoms with Crippen LogP contribution in [0.15, 0.2) is 48.1 Å². The molecule has 0 aliphatic rings. The third kappa shape index (κ3) is 4.60. The zero-order chi connectivity index (χ0) is 11.8. The number of benzene rings is 1. The topological polar surface area (TPSA) is 37.3 Å². The SMILES string of the molecule is CC(=CCCC=Cc1ccccc1)C(=O)O. The fourth-order valence-electron chi connectivity index (χ4n) is 1.27. The normalized spacial score (nSPS) is 11.9. The van der Waals surface area contributed by atoms with E-state index >= 15 is 0 Å². The van der Waals surface area contributed by atoms with Crippen LogP contribution in [0.5, 0.6) is 0 Å². The van der Waals surface area contributed by atoms with Gasteiger partial charge in [0.15, 0.2) is 0 Å². The Hall–Kier alpha value is -1.83. The highest BCUT2D eigenvalue weighted by molar-refractivity contribution is 5.85. The molecule has 0 aliphatic carbocycles. The first-order chi connectivity index (χ1) is 7.70. The van der Waals surface area contributed by atoms with Crippen molar-refractivity contribution in [3.63, 3.8) is 0 Å². The van der Waals surface area contributed by atoms with Crippen molar-refractivity contribution in [1.29, 1.82) is 0 Å². The lowest BCUT2D eigenvalue weighted by molar-refractivity contribution is -0.132. The Labute approximate surface area is 95.9 Å². The molecule has 0 unspecified atom stereocenters. The second-order valence-electron chi connectivity index (χ2n) is 3.58. The third-order valence-electron chi connectivity index (χ3n) is 2.23. The Morgan fingerprint density at radius 3 is 2.56 bits per heavy atom. The first kappa shape index (κ1) is 12.2. The summed E-state index contributed by atoms with van der Waals surface area (Å²) < 4.78 is 0. The van der Waals surface area contributed by atoms with Crippen LogP contribution < -0.4 is 0 Å². The molecule has 1 aromatic carbocycles. The molecular weight excluding hydrogens is 200 g/mol. The minimum absolute atomic E-state index is 0.410. The van der Waals surface area contributed by atoms with E-state index in [1.165, 1.54) is 5.56 Å². The van der Waals surface area contributed by atoms with Gasteiger partial charge in [-0.3, -0.25) is 0 Å². The van der Waals surface area contributed by atoms with Crippen molar-refractivity contribution in [3.05, 3.63) is 53.6 Å². The van der Waals surface area contributed by atoms with Crippen LogP contribution in [-0.2, 0) is 4.79 Å². The van der Waals surface area contributed by atoms with Crippen molar-refractivity contribution < 1.29 is 9.90 Å². The van der Waals surface area contributed by atoms with Gasteiger partial charge in [-0.2, -0.15) is 0 Å². The van der Waals surface area contributed by atoms with Crippen LogP contribution in [0.3, 0.4) is 0 Å². The number of hydrogen-bond donors (Lipinski definition) is 1. The van der Waals surface area contributed by atoms with E-state index in [1.54, 1.807) is 13.0 Å². The van der Waals surface area contributed by atoms with Crippen LogP contribution >= 0.6 is 0 Å². The molecule has 1 N–H and O–H groups in total. The van der Waals surface area contributed by atoms with E-state index in [-0.39, 0.29) is 0 Å². The molecule has 0 fully saturated rings. The zero-order valence-electron chi connectivity index (χ0n) is 9.39. The second kappa shape index (κ2) is 6.62. The van der Waals surface area contributed by atoms with Crippen molar-refractivity contribution in [2.75, 3.05) is 0 Å². The third-order valence-corrected chi connectivity index (χ3v) is 2.23. The van der Waals surface area contributed by atoms with Gasteiger partial charge in [-0.1, -0.05) is 48.6 Å². The lowest BCUT2D eigenvalue weighted by Gasteiger charge is -1.93. The largest absolute Gasteiger partial charge is 0.478 e. The quantitative estimate of drug-likeness (QED) is 0.604. The van der Waals surface area contributed by atoms with Crippen LogP contribution in [0.4, 0.5) is 0 Å². The highest BCUT2D eigenvalue weighted by atomic mass is 16.4. The lowest BCUT2D eigenvalue weighted by atomic mass is 10.1. The minimum Gasteiger partial charge on any atom is -0.478 e. The van der Waals surface area contributed by atoms with Gasteiger partial charge >= 0.3 is 5.97 Å². The van der Waals surface area contributed by atoms with Gasteiger partial charge < -0.3 is 5.11 Å². The van der Waals surface area contributed by atoms with Crippen molar-refractivity contribution in [2.45, 2.75) is 19.8 Å². The van der Waals surface area contributed by atoms with Gasteiger partial charge in [0, 0.05) is 5.57 Å². The maximum atomic E-state index is 10.5. The Morgan fingerprint density at radius 1 is 1.25 bits per heavy atom. The monoisotopic (exact) mass is 216 g/mol. The van der Waals surface area contributed by atoms with Crippen molar-refractivity contribution in [1.82, 2.24) is 0 Å². The molecule has 84 valence electrons. The maximum Gasteiger partial charge on any atom is 0.330 e. The van der Waals surface area contributed by atoms with Gasteiger partial charge in [-0.05, 0) is 25.3 Å². The molecule has 0 saturated heterocycles. The highest BCUT2D eigenvalue weighted by Crippen LogP contribution is 2.04.